The molecular formula is C23H22N2O2. The summed E-state index contributed by atoms with van der Waals surface area (Å²) in [4.78, 5) is 19.4. The van der Waals surface area contributed by atoms with Gasteiger partial charge in [0.25, 0.3) is 5.91 Å². The summed E-state index contributed by atoms with van der Waals surface area (Å²) in [5, 5.41) is 0. The molecule has 1 aliphatic rings. The van der Waals surface area contributed by atoms with Crippen molar-refractivity contribution in [2.24, 2.45) is 0 Å². The molecule has 2 heterocycles. The van der Waals surface area contributed by atoms with Gasteiger partial charge in [0.2, 0.25) is 0 Å². The second kappa shape index (κ2) is 8.14. The lowest BCUT2D eigenvalue weighted by atomic mass is 10.1. The van der Waals surface area contributed by atoms with Crippen molar-refractivity contribution in [3.05, 3.63) is 101 Å². The third-order valence-electron chi connectivity index (χ3n) is 4.76. The molecule has 1 aliphatic heterocycles. The highest BCUT2D eigenvalue weighted by atomic mass is 16.5. The van der Waals surface area contributed by atoms with E-state index in [9.17, 15) is 4.79 Å². The summed E-state index contributed by atoms with van der Waals surface area (Å²) in [7, 11) is 0. The normalized spacial score (nSPS) is 16.9. The third-order valence-corrected chi connectivity index (χ3v) is 4.76. The lowest BCUT2D eigenvalue weighted by Gasteiger charge is -2.33. The van der Waals surface area contributed by atoms with Gasteiger partial charge in [-0.05, 0) is 29.8 Å². The molecule has 0 saturated carbocycles. The molecule has 0 bridgehead atoms. The van der Waals surface area contributed by atoms with Crippen molar-refractivity contribution in [3.63, 3.8) is 0 Å². The van der Waals surface area contributed by atoms with E-state index in [1.807, 2.05) is 71.6 Å². The fourth-order valence-electron chi connectivity index (χ4n) is 3.36. The van der Waals surface area contributed by atoms with Crippen molar-refractivity contribution in [2.45, 2.75) is 12.5 Å². The predicted molar refractivity (Wildman–Crippen MR) is 105 cm³/mol. The van der Waals surface area contributed by atoms with Gasteiger partial charge >= 0.3 is 0 Å². The van der Waals surface area contributed by atoms with Crippen LogP contribution >= 0.6 is 0 Å². The van der Waals surface area contributed by atoms with Gasteiger partial charge in [0.05, 0.1) is 18.8 Å². The fraction of sp³-hybridized carbons (Fsp3) is 0.217. The lowest BCUT2D eigenvalue weighted by Crippen LogP contribution is -2.42. The van der Waals surface area contributed by atoms with Gasteiger partial charge in [-0.3, -0.25) is 9.78 Å². The molecule has 0 N–H and O–H groups in total. The van der Waals surface area contributed by atoms with Crippen LogP contribution in [0.2, 0.25) is 0 Å². The van der Waals surface area contributed by atoms with E-state index in [2.05, 4.69) is 12.1 Å². The van der Waals surface area contributed by atoms with E-state index in [0.717, 1.165) is 17.8 Å². The number of morpholine rings is 1. The zero-order chi connectivity index (χ0) is 18.5. The van der Waals surface area contributed by atoms with E-state index >= 15 is 0 Å². The molecule has 3 aromatic rings. The minimum atomic E-state index is -0.192. The number of benzene rings is 2. The van der Waals surface area contributed by atoms with Crippen LogP contribution in [-0.4, -0.2) is 35.5 Å². The van der Waals surface area contributed by atoms with E-state index in [4.69, 9.17) is 9.72 Å². The molecule has 0 radical (unpaired) electrons. The quantitative estimate of drug-likeness (QED) is 0.711. The highest BCUT2D eigenvalue weighted by Crippen LogP contribution is 2.22. The Morgan fingerprint density at radius 3 is 2.48 bits per heavy atom. The summed E-state index contributed by atoms with van der Waals surface area (Å²) in [5.74, 6) is 0.0457. The summed E-state index contributed by atoms with van der Waals surface area (Å²) in [6.07, 6.45) is 0.593. The molecule has 1 atom stereocenters. The predicted octanol–water partition coefficient (Wildman–Crippen LogP) is 3.89. The molecule has 1 fully saturated rings. The average molecular weight is 358 g/mol. The highest BCUT2D eigenvalue weighted by molar-refractivity contribution is 5.94. The minimum absolute atomic E-state index is 0.0457. The lowest BCUT2D eigenvalue weighted by molar-refractivity contribution is -0.0247. The first-order valence-corrected chi connectivity index (χ1v) is 9.25. The number of ether oxygens (including phenoxy) is 1. The van der Waals surface area contributed by atoms with Crippen LogP contribution in [0, 0.1) is 0 Å². The third kappa shape index (κ3) is 4.23. The molecule has 1 amide bonds. The molecule has 4 heteroatoms. The molecule has 0 spiro atoms. The summed E-state index contributed by atoms with van der Waals surface area (Å²) >= 11 is 0. The Hall–Kier alpha value is -2.98. The van der Waals surface area contributed by atoms with E-state index in [1.54, 1.807) is 0 Å². The first-order valence-electron chi connectivity index (χ1n) is 9.25. The second-order valence-electron chi connectivity index (χ2n) is 6.69. The van der Waals surface area contributed by atoms with Gasteiger partial charge in [-0.2, -0.15) is 0 Å². The monoisotopic (exact) mass is 358 g/mol. The SMILES string of the molecule is O=C(c1ccccc1)N1CCOC(c2cccc(Cc3ccccc3)n2)C1. The first kappa shape index (κ1) is 17.4. The minimum Gasteiger partial charge on any atom is -0.368 e. The Kier molecular flexibility index (Phi) is 5.26. The van der Waals surface area contributed by atoms with Crippen LogP contribution in [0.25, 0.3) is 0 Å². The summed E-state index contributed by atoms with van der Waals surface area (Å²) in [5.41, 5.74) is 3.83. The fourth-order valence-corrected chi connectivity index (χ4v) is 3.36. The van der Waals surface area contributed by atoms with Crippen LogP contribution in [0.1, 0.15) is 33.4 Å². The van der Waals surface area contributed by atoms with E-state index in [1.165, 1.54) is 5.56 Å². The molecule has 2 aromatic carbocycles. The van der Waals surface area contributed by atoms with Crippen LogP contribution in [0.5, 0.6) is 0 Å². The maximum Gasteiger partial charge on any atom is 0.254 e. The van der Waals surface area contributed by atoms with Gasteiger partial charge in [-0.15, -0.1) is 0 Å². The molecular weight excluding hydrogens is 336 g/mol. The average Bonchev–Trinajstić information content (AvgIpc) is 2.75. The Balaban J connectivity index is 1.48. The molecule has 0 aliphatic carbocycles. The van der Waals surface area contributed by atoms with Gasteiger partial charge in [0.15, 0.2) is 0 Å². The number of carbonyl (C=O) groups is 1. The number of aromatic nitrogens is 1. The summed E-state index contributed by atoms with van der Waals surface area (Å²) in [6.45, 7) is 1.65. The zero-order valence-electron chi connectivity index (χ0n) is 15.1. The van der Waals surface area contributed by atoms with Gasteiger partial charge < -0.3 is 9.64 Å². The number of amides is 1. The summed E-state index contributed by atoms with van der Waals surface area (Å²) in [6, 6.07) is 25.7. The Labute approximate surface area is 159 Å². The molecule has 4 rings (SSSR count). The van der Waals surface area contributed by atoms with E-state index < -0.39 is 0 Å². The molecule has 27 heavy (non-hydrogen) atoms. The number of carbonyl (C=O) groups excluding carboxylic acids is 1. The Morgan fingerprint density at radius 2 is 1.70 bits per heavy atom. The number of hydrogen-bond donors (Lipinski definition) is 0. The number of pyridine rings is 1. The van der Waals surface area contributed by atoms with Crippen LogP contribution in [-0.2, 0) is 11.2 Å². The maximum absolute atomic E-state index is 12.7. The molecule has 1 unspecified atom stereocenters. The van der Waals surface area contributed by atoms with Gasteiger partial charge in [0, 0.05) is 24.2 Å². The molecule has 4 nitrogen and oxygen atoms in total. The van der Waals surface area contributed by atoms with Crippen LogP contribution < -0.4 is 0 Å². The van der Waals surface area contributed by atoms with Crippen molar-refractivity contribution in [2.75, 3.05) is 19.7 Å². The maximum atomic E-state index is 12.7. The topological polar surface area (TPSA) is 42.4 Å². The summed E-state index contributed by atoms with van der Waals surface area (Å²) < 4.78 is 5.93. The number of nitrogens with zero attached hydrogens (tertiary/aromatic N) is 2. The van der Waals surface area contributed by atoms with Gasteiger partial charge in [-0.1, -0.05) is 54.6 Å². The Morgan fingerprint density at radius 1 is 0.963 bits per heavy atom. The van der Waals surface area contributed by atoms with Crippen molar-refractivity contribution < 1.29 is 9.53 Å². The van der Waals surface area contributed by atoms with Crippen molar-refractivity contribution in [1.29, 1.82) is 0 Å². The van der Waals surface area contributed by atoms with Crippen molar-refractivity contribution in [1.82, 2.24) is 9.88 Å². The van der Waals surface area contributed by atoms with Gasteiger partial charge in [0.1, 0.15) is 6.10 Å². The number of rotatable bonds is 4. The van der Waals surface area contributed by atoms with Crippen molar-refractivity contribution in [3.8, 4) is 0 Å². The van der Waals surface area contributed by atoms with Gasteiger partial charge in [-0.25, -0.2) is 0 Å². The van der Waals surface area contributed by atoms with Crippen molar-refractivity contribution >= 4 is 5.91 Å². The van der Waals surface area contributed by atoms with E-state index in [-0.39, 0.29) is 12.0 Å². The molecule has 1 saturated heterocycles. The Bertz CT molecular complexity index is 897. The second-order valence-corrected chi connectivity index (χ2v) is 6.69. The van der Waals surface area contributed by atoms with Crippen LogP contribution in [0.4, 0.5) is 0 Å². The smallest absolute Gasteiger partial charge is 0.254 e. The largest absolute Gasteiger partial charge is 0.368 e. The molecule has 1 aromatic heterocycles. The van der Waals surface area contributed by atoms with E-state index in [0.29, 0.717) is 25.3 Å². The standard InChI is InChI=1S/C23H22N2O2/c26-23(19-10-5-2-6-11-19)25-14-15-27-22(17-25)21-13-7-12-20(24-21)16-18-8-3-1-4-9-18/h1-13,22H,14-17H2. The van der Waals surface area contributed by atoms with Crippen LogP contribution in [0.15, 0.2) is 78.9 Å². The van der Waals surface area contributed by atoms with Crippen LogP contribution in [0.3, 0.4) is 0 Å². The first-order chi connectivity index (χ1) is 13.3. The highest BCUT2D eigenvalue weighted by Gasteiger charge is 2.27. The molecule has 136 valence electrons. The number of hydrogen-bond acceptors (Lipinski definition) is 3. The zero-order valence-corrected chi connectivity index (χ0v) is 15.1.